The number of aromatic nitrogens is 3. The molecule has 7 nitrogen and oxygen atoms in total. The number of hydrogen-bond donors (Lipinski definition) is 1. The molecule has 160 valence electrons. The van der Waals surface area contributed by atoms with Gasteiger partial charge in [0.15, 0.2) is 6.61 Å². The average Bonchev–Trinajstić information content (AvgIpc) is 3.26. The van der Waals surface area contributed by atoms with Crippen LogP contribution >= 0.6 is 11.6 Å². The molecule has 1 fully saturated rings. The Hall–Kier alpha value is -3.19. The van der Waals surface area contributed by atoms with Gasteiger partial charge < -0.3 is 14.6 Å². The molecule has 0 spiro atoms. The SMILES string of the molecule is Cc1cc(OCC(=O)N2CC[C@H](c3cc(=O)[nH]c(-c4ccncc4)n3)C2)cc(C)c1Cl. The van der Waals surface area contributed by atoms with Crippen LogP contribution in [0.25, 0.3) is 11.4 Å². The zero-order valence-corrected chi connectivity index (χ0v) is 18.1. The summed E-state index contributed by atoms with van der Waals surface area (Å²) in [4.78, 5) is 38.0. The second kappa shape index (κ2) is 8.89. The lowest BCUT2D eigenvalue weighted by molar-refractivity contribution is -0.132. The molecule has 0 saturated carbocycles. The van der Waals surface area contributed by atoms with E-state index in [-0.39, 0.29) is 24.0 Å². The summed E-state index contributed by atoms with van der Waals surface area (Å²) in [6.07, 6.45) is 4.06. The molecule has 1 aliphatic rings. The topological polar surface area (TPSA) is 88.2 Å². The van der Waals surface area contributed by atoms with Gasteiger partial charge >= 0.3 is 0 Å². The fourth-order valence-corrected chi connectivity index (χ4v) is 3.90. The lowest BCUT2D eigenvalue weighted by Gasteiger charge is -2.17. The Morgan fingerprint density at radius 2 is 1.94 bits per heavy atom. The molecule has 0 bridgehead atoms. The summed E-state index contributed by atoms with van der Waals surface area (Å²) < 4.78 is 5.71. The maximum absolute atomic E-state index is 12.7. The van der Waals surface area contributed by atoms with Gasteiger partial charge in [-0.3, -0.25) is 14.6 Å². The third-order valence-electron chi connectivity index (χ3n) is 5.45. The Bertz CT molecular complexity index is 1140. The predicted molar refractivity (Wildman–Crippen MR) is 118 cm³/mol. The maximum Gasteiger partial charge on any atom is 0.260 e. The van der Waals surface area contributed by atoms with Gasteiger partial charge in [-0.05, 0) is 55.7 Å². The number of halogens is 1. The average molecular weight is 439 g/mol. The molecule has 0 unspecified atom stereocenters. The summed E-state index contributed by atoms with van der Waals surface area (Å²) in [7, 11) is 0. The van der Waals surface area contributed by atoms with Crippen LogP contribution < -0.4 is 10.3 Å². The van der Waals surface area contributed by atoms with Crippen LogP contribution in [0.5, 0.6) is 5.75 Å². The van der Waals surface area contributed by atoms with Crippen LogP contribution in [0, 0.1) is 13.8 Å². The highest BCUT2D eigenvalue weighted by atomic mass is 35.5. The second-order valence-electron chi connectivity index (χ2n) is 7.74. The summed E-state index contributed by atoms with van der Waals surface area (Å²) in [5.74, 6) is 1.05. The number of benzene rings is 1. The monoisotopic (exact) mass is 438 g/mol. The van der Waals surface area contributed by atoms with E-state index in [1.54, 1.807) is 29.4 Å². The lowest BCUT2D eigenvalue weighted by Crippen LogP contribution is -2.33. The predicted octanol–water partition coefficient (Wildman–Crippen LogP) is 3.50. The Morgan fingerprint density at radius 1 is 1.23 bits per heavy atom. The first-order valence-electron chi connectivity index (χ1n) is 10.1. The summed E-state index contributed by atoms with van der Waals surface area (Å²) in [5.41, 5.74) is 3.10. The highest BCUT2D eigenvalue weighted by Crippen LogP contribution is 2.28. The Labute approximate surface area is 185 Å². The standard InChI is InChI=1S/C23H23ClN4O3/c1-14-9-18(10-15(2)22(14)24)31-13-21(30)28-8-5-17(12-28)19-11-20(29)27-23(26-19)16-3-6-25-7-4-16/h3-4,6-7,9-11,17H,5,8,12-13H2,1-2H3,(H,26,27,29)/t17-/m0/s1. The van der Waals surface area contributed by atoms with Crippen molar-refractivity contribution in [3.63, 3.8) is 0 Å². The van der Waals surface area contributed by atoms with Gasteiger partial charge in [0, 0.05) is 48.1 Å². The van der Waals surface area contributed by atoms with Crippen LogP contribution in [0.3, 0.4) is 0 Å². The molecule has 8 heteroatoms. The van der Waals surface area contributed by atoms with Gasteiger partial charge in [-0.2, -0.15) is 0 Å². The fraction of sp³-hybridized carbons (Fsp3) is 0.304. The number of ether oxygens (including phenoxy) is 1. The van der Waals surface area contributed by atoms with Crippen molar-refractivity contribution < 1.29 is 9.53 Å². The van der Waals surface area contributed by atoms with Gasteiger partial charge in [-0.25, -0.2) is 4.98 Å². The van der Waals surface area contributed by atoms with Gasteiger partial charge in [0.25, 0.3) is 11.5 Å². The fourth-order valence-electron chi connectivity index (χ4n) is 3.79. The largest absolute Gasteiger partial charge is 0.484 e. The van der Waals surface area contributed by atoms with Gasteiger partial charge in [0.05, 0.1) is 5.69 Å². The highest BCUT2D eigenvalue weighted by Gasteiger charge is 2.29. The van der Waals surface area contributed by atoms with Crippen LogP contribution in [0.1, 0.15) is 29.2 Å². The molecule has 1 N–H and O–H groups in total. The van der Waals surface area contributed by atoms with Crippen molar-refractivity contribution in [2.45, 2.75) is 26.2 Å². The minimum atomic E-state index is -0.210. The van der Waals surface area contributed by atoms with Gasteiger partial charge in [-0.1, -0.05) is 11.6 Å². The van der Waals surface area contributed by atoms with Gasteiger partial charge in [-0.15, -0.1) is 0 Å². The van der Waals surface area contributed by atoms with Crippen molar-refractivity contribution >= 4 is 17.5 Å². The zero-order valence-electron chi connectivity index (χ0n) is 17.4. The Morgan fingerprint density at radius 3 is 2.65 bits per heavy atom. The number of aromatic amines is 1. The molecule has 3 heterocycles. The van der Waals surface area contributed by atoms with Crippen molar-refractivity contribution in [1.82, 2.24) is 19.9 Å². The van der Waals surface area contributed by atoms with Crippen LogP contribution in [0.2, 0.25) is 5.02 Å². The van der Waals surface area contributed by atoms with Crippen LogP contribution in [-0.4, -0.2) is 45.5 Å². The lowest BCUT2D eigenvalue weighted by atomic mass is 10.0. The van der Waals surface area contributed by atoms with Gasteiger partial charge in [0.1, 0.15) is 11.6 Å². The summed E-state index contributed by atoms with van der Waals surface area (Å²) >= 11 is 6.19. The number of nitrogens with zero attached hydrogens (tertiary/aromatic N) is 3. The van der Waals surface area contributed by atoms with Crippen LogP contribution in [0.15, 0.2) is 47.5 Å². The van der Waals surface area contributed by atoms with Crippen LogP contribution in [0.4, 0.5) is 0 Å². The normalized spacial score (nSPS) is 15.8. The van der Waals surface area contributed by atoms with Crippen molar-refractivity contribution in [3.05, 3.63) is 74.9 Å². The zero-order chi connectivity index (χ0) is 22.0. The number of likely N-dealkylation sites (tertiary alicyclic amines) is 1. The molecular weight excluding hydrogens is 416 g/mol. The quantitative estimate of drug-likeness (QED) is 0.658. The van der Waals surface area contributed by atoms with Crippen molar-refractivity contribution in [3.8, 4) is 17.1 Å². The van der Waals surface area contributed by atoms with Crippen LogP contribution in [-0.2, 0) is 4.79 Å². The van der Waals surface area contributed by atoms with Gasteiger partial charge in [0.2, 0.25) is 0 Å². The number of carbonyl (C=O) groups excluding carboxylic acids is 1. The van der Waals surface area contributed by atoms with E-state index in [1.165, 1.54) is 6.07 Å². The molecule has 1 aromatic carbocycles. The van der Waals surface area contributed by atoms with Crippen molar-refractivity contribution in [2.75, 3.05) is 19.7 Å². The molecule has 3 aromatic rings. The number of hydrogen-bond acceptors (Lipinski definition) is 5. The molecule has 1 amide bonds. The Kier molecular flexibility index (Phi) is 6.04. The van der Waals surface area contributed by atoms with E-state index >= 15 is 0 Å². The minimum absolute atomic E-state index is 0.00635. The van der Waals surface area contributed by atoms with E-state index in [1.807, 2.05) is 26.0 Å². The van der Waals surface area contributed by atoms with E-state index in [2.05, 4.69) is 15.0 Å². The second-order valence-corrected chi connectivity index (χ2v) is 8.12. The van der Waals surface area contributed by atoms with E-state index in [0.717, 1.165) is 23.1 Å². The summed E-state index contributed by atoms with van der Waals surface area (Å²) in [6.45, 7) is 4.88. The molecule has 4 rings (SSSR count). The molecule has 1 aliphatic heterocycles. The summed E-state index contributed by atoms with van der Waals surface area (Å²) in [6, 6.07) is 8.76. The maximum atomic E-state index is 12.7. The number of rotatable bonds is 5. The first-order valence-corrected chi connectivity index (χ1v) is 10.5. The first kappa shape index (κ1) is 21.1. The Balaban J connectivity index is 1.42. The third-order valence-corrected chi connectivity index (χ3v) is 6.04. The number of carbonyl (C=O) groups is 1. The molecule has 2 aromatic heterocycles. The molecular formula is C23H23ClN4O3. The molecule has 1 atom stereocenters. The third kappa shape index (κ3) is 4.77. The minimum Gasteiger partial charge on any atom is -0.484 e. The molecule has 31 heavy (non-hydrogen) atoms. The smallest absolute Gasteiger partial charge is 0.260 e. The van der Waals surface area contributed by atoms with E-state index < -0.39 is 0 Å². The van der Waals surface area contributed by atoms with Crippen molar-refractivity contribution in [2.24, 2.45) is 0 Å². The van der Waals surface area contributed by atoms with E-state index in [0.29, 0.717) is 35.4 Å². The van der Waals surface area contributed by atoms with E-state index in [9.17, 15) is 9.59 Å². The molecule has 0 aliphatic carbocycles. The number of amides is 1. The number of aryl methyl sites for hydroxylation is 2. The van der Waals surface area contributed by atoms with Crippen molar-refractivity contribution in [1.29, 1.82) is 0 Å². The number of nitrogens with one attached hydrogen (secondary N) is 1. The number of H-pyrrole nitrogens is 1. The summed E-state index contributed by atoms with van der Waals surface area (Å²) in [5, 5.41) is 0.706. The molecule has 0 radical (unpaired) electrons. The first-order chi connectivity index (χ1) is 14.9. The van der Waals surface area contributed by atoms with E-state index in [4.69, 9.17) is 16.3 Å². The highest BCUT2D eigenvalue weighted by molar-refractivity contribution is 6.32. The molecule has 1 saturated heterocycles. The number of pyridine rings is 1.